The predicted molar refractivity (Wildman–Crippen MR) is 105 cm³/mol. The summed E-state index contributed by atoms with van der Waals surface area (Å²) in [4.78, 5) is 30.7. The van der Waals surface area contributed by atoms with Gasteiger partial charge in [0, 0.05) is 17.3 Å². The van der Waals surface area contributed by atoms with Crippen LogP contribution in [0.15, 0.2) is 35.4 Å². The fraction of sp³-hybridized carbons (Fsp3) is 0.278. The highest BCUT2D eigenvalue weighted by atomic mass is 35.5. The van der Waals surface area contributed by atoms with E-state index in [9.17, 15) is 9.59 Å². The first-order valence-corrected chi connectivity index (χ1v) is 9.34. The van der Waals surface area contributed by atoms with Crippen molar-refractivity contribution in [3.63, 3.8) is 0 Å². The summed E-state index contributed by atoms with van der Waals surface area (Å²) in [6.07, 6.45) is 1.50. The van der Waals surface area contributed by atoms with E-state index >= 15 is 0 Å². The Hall–Kier alpha value is -2.22. The summed E-state index contributed by atoms with van der Waals surface area (Å²) >= 11 is 7.15. The molecule has 0 unspecified atom stereocenters. The standard InChI is InChI=1S/C18H18ClN3O3S/c1-3-25-8-7-22-10-20-17-14(18(22)24)11(2)15(26-17)16(23)21-13-6-4-5-12(19)9-13/h4-6,9-10H,3,7-8H2,1-2H3,(H,21,23). The highest BCUT2D eigenvalue weighted by Crippen LogP contribution is 2.28. The molecule has 3 aromatic rings. The Morgan fingerprint density at radius 1 is 1.42 bits per heavy atom. The number of nitrogens with one attached hydrogen (secondary N) is 1. The highest BCUT2D eigenvalue weighted by Gasteiger charge is 2.19. The Labute approximate surface area is 159 Å². The predicted octanol–water partition coefficient (Wildman–Crippen LogP) is 3.71. The molecule has 1 amide bonds. The minimum atomic E-state index is -0.284. The molecule has 0 bridgehead atoms. The van der Waals surface area contributed by atoms with Gasteiger partial charge in [-0.05, 0) is 37.6 Å². The van der Waals surface area contributed by atoms with E-state index in [-0.39, 0.29) is 11.5 Å². The van der Waals surface area contributed by atoms with Gasteiger partial charge < -0.3 is 10.1 Å². The van der Waals surface area contributed by atoms with E-state index in [2.05, 4.69) is 10.3 Å². The van der Waals surface area contributed by atoms with Crippen molar-refractivity contribution in [3.8, 4) is 0 Å². The first kappa shape index (κ1) is 18.6. The maximum Gasteiger partial charge on any atom is 0.266 e. The lowest BCUT2D eigenvalue weighted by molar-refractivity contribution is 0.103. The number of rotatable bonds is 6. The van der Waals surface area contributed by atoms with Gasteiger partial charge in [-0.3, -0.25) is 14.2 Å². The van der Waals surface area contributed by atoms with E-state index in [1.54, 1.807) is 31.2 Å². The Balaban J connectivity index is 1.92. The van der Waals surface area contributed by atoms with Crippen LogP contribution in [0.2, 0.25) is 5.02 Å². The van der Waals surface area contributed by atoms with Gasteiger partial charge >= 0.3 is 0 Å². The van der Waals surface area contributed by atoms with E-state index in [0.717, 1.165) is 0 Å². The van der Waals surface area contributed by atoms with Crippen LogP contribution in [0, 0.1) is 6.92 Å². The smallest absolute Gasteiger partial charge is 0.266 e. The summed E-state index contributed by atoms with van der Waals surface area (Å²) in [5.74, 6) is -0.284. The number of benzene rings is 1. The van der Waals surface area contributed by atoms with Gasteiger partial charge in [0.05, 0.1) is 29.7 Å². The second-order valence-electron chi connectivity index (χ2n) is 5.64. The number of amides is 1. The average molecular weight is 392 g/mol. The van der Waals surface area contributed by atoms with Crippen molar-refractivity contribution in [1.29, 1.82) is 0 Å². The third-order valence-corrected chi connectivity index (χ3v) is 5.32. The molecule has 0 aliphatic rings. The highest BCUT2D eigenvalue weighted by molar-refractivity contribution is 7.20. The molecule has 0 fully saturated rings. The van der Waals surface area contributed by atoms with Gasteiger partial charge in [0.15, 0.2) is 0 Å². The fourth-order valence-electron chi connectivity index (χ4n) is 2.60. The SMILES string of the molecule is CCOCCn1cnc2sc(C(=O)Nc3cccc(Cl)c3)c(C)c2c1=O. The number of nitrogens with zero attached hydrogens (tertiary/aromatic N) is 2. The molecule has 2 heterocycles. The van der Waals surface area contributed by atoms with Crippen molar-refractivity contribution in [2.24, 2.45) is 0 Å². The normalized spacial score (nSPS) is 11.0. The lowest BCUT2D eigenvalue weighted by Crippen LogP contribution is -2.23. The van der Waals surface area contributed by atoms with E-state index in [0.29, 0.717) is 51.1 Å². The molecule has 6 nitrogen and oxygen atoms in total. The van der Waals surface area contributed by atoms with Crippen LogP contribution in [-0.2, 0) is 11.3 Å². The van der Waals surface area contributed by atoms with Crippen LogP contribution < -0.4 is 10.9 Å². The Morgan fingerprint density at radius 2 is 2.23 bits per heavy atom. The van der Waals surface area contributed by atoms with Gasteiger partial charge in [-0.2, -0.15) is 0 Å². The minimum absolute atomic E-state index is 0.162. The van der Waals surface area contributed by atoms with Crippen LogP contribution in [0.25, 0.3) is 10.2 Å². The number of anilines is 1. The van der Waals surface area contributed by atoms with Crippen molar-refractivity contribution in [1.82, 2.24) is 9.55 Å². The van der Waals surface area contributed by atoms with Crippen LogP contribution in [0.3, 0.4) is 0 Å². The maximum atomic E-state index is 12.7. The number of aromatic nitrogens is 2. The van der Waals surface area contributed by atoms with Crippen molar-refractivity contribution in [2.45, 2.75) is 20.4 Å². The van der Waals surface area contributed by atoms with Gasteiger partial charge in [-0.15, -0.1) is 11.3 Å². The Kier molecular flexibility index (Phi) is 5.70. The molecular formula is C18H18ClN3O3S. The molecule has 0 saturated heterocycles. The molecular weight excluding hydrogens is 374 g/mol. The summed E-state index contributed by atoms with van der Waals surface area (Å²) in [7, 11) is 0. The molecule has 3 rings (SSSR count). The van der Waals surface area contributed by atoms with Crippen molar-refractivity contribution in [2.75, 3.05) is 18.5 Å². The zero-order valence-corrected chi connectivity index (χ0v) is 16.0. The van der Waals surface area contributed by atoms with Crippen LogP contribution in [0.5, 0.6) is 0 Å². The molecule has 2 aromatic heterocycles. The van der Waals surface area contributed by atoms with Gasteiger partial charge in [0.25, 0.3) is 11.5 Å². The maximum absolute atomic E-state index is 12.7. The summed E-state index contributed by atoms with van der Waals surface area (Å²) < 4.78 is 6.80. The number of carbonyl (C=O) groups excluding carboxylic acids is 1. The molecule has 1 N–H and O–H groups in total. The number of ether oxygens (including phenoxy) is 1. The van der Waals surface area contributed by atoms with Gasteiger partial charge in [-0.25, -0.2) is 4.98 Å². The van der Waals surface area contributed by atoms with E-state index in [1.807, 2.05) is 6.92 Å². The van der Waals surface area contributed by atoms with Crippen molar-refractivity contribution < 1.29 is 9.53 Å². The van der Waals surface area contributed by atoms with E-state index < -0.39 is 0 Å². The number of fused-ring (bicyclic) bond motifs is 1. The molecule has 0 radical (unpaired) electrons. The molecule has 0 aliphatic heterocycles. The number of hydrogen-bond acceptors (Lipinski definition) is 5. The summed E-state index contributed by atoms with van der Waals surface area (Å²) in [6, 6.07) is 6.91. The molecule has 0 aliphatic carbocycles. The summed E-state index contributed by atoms with van der Waals surface area (Å²) in [5.41, 5.74) is 1.07. The lowest BCUT2D eigenvalue weighted by Gasteiger charge is -2.05. The first-order valence-electron chi connectivity index (χ1n) is 8.14. The summed E-state index contributed by atoms with van der Waals surface area (Å²) in [5, 5.41) is 3.82. The molecule has 0 saturated carbocycles. The van der Waals surface area contributed by atoms with E-state index in [4.69, 9.17) is 16.3 Å². The Morgan fingerprint density at radius 3 is 2.96 bits per heavy atom. The lowest BCUT2D eigenvalue weighted by atomic mass is 10.2. The number of halogens is 1. The second kappa shape index (κ2) is 7.99. The van der Waals surface area contributed by atoms with Gasteiger partial charge in [-0.1, -0.05) is 17.7 Å². The number of hydrogen-bond donors (Lipinski definition) is 1. The monoisotopic (exact) mass is 391 g/mol. The molecule has 136 valence electrons. The number of carbonyl (C=O) groups is 1. The molecule has 0 spiro atoms. The topological polar surface area (TPSA) is 73.2 Å². The molecule has 26 heavy (non-hydrogen) atoms. The van der Waals surface area contributed by atoms with Crippen molar-refractivity contribution in [3.05, 3.63) is 56.4 Å². The molecule has 1 aromatic carbocycles. The third-order valence-electron chi connectivity index (χ3n) is 3.89. The first-order chi connectivity index (χ1) is 12.5. The third kappa shape index (κ3) is 3.80. The van der Waals surface area contributed by atoms with Crippen LogP contribution in [-0.4, -0.2) is 28.7 Å². The molecule has 0 atom stereocenters. The van der Waals surface area contributed by atoms with Crippen LogP contribution >= 0.6 is 22.9 Å². The Bertz CT molecular complexity index is 1010. The number of aryl methyl sites for hydroxylation is 1. The number of thiophene rings is 1. The largest absolute Gasteiger partial charge is 0.380 e. The second-order valence-corrected chi connectivity index (χ2v) is 7.08. The fourth-order valence-corrected chi connectivity index (χ4v) is 3.82. The zero-order valence-electron chi connectivity index (χ0n) is 14.4. The minimum Gasteiger partial charge on any atom is -0.380 e. The van der Waals surface area contributed by atoms with Crippen LogP contribution in [0.1, 0.15) is 22.2 Å². The zero-order chi connectivity index (χ0) is 18.7. The quantitative estimate of drug-likeness (QED) is 0.650. The van der Waals surface area contributed by atoms with Gasteiger partial charge in [0.2, 0.25) is 0 Å². The average Bonchev–Trinajstić information content (AvgIpc) is 2.95. The van der Waals surface area contributed by atoms with Crippen LogP contribution in [0.4, 0.5) is 5.69 Å². The summed E-state index contributed by atoms with van der Waals surface area (Å²) in [6.45, 7) is 5.12. The molecule has 8 heteroatoms. The van der Waals surface area contributed by atoms with Crippen molar-refractivity contribution >= 4 is 44.7 Å². The van der Waals surface area contributed by atoms with Gasteiger partial charge in [0.1, 0.15) is 4.83 Å². The van der Waals surface area contributed by atoms with E-state index in [1.165, 1.54) is 22.2 Å².